The third kappa shape index (κ3) is 3.29. The largest absolute Gasteiger partial charge is 0.326 e. The van der Waals surface area contributed by atoms with Gasteiger partial charge >= 0.3 is 0 Å². The molecule has 0 atom stereocenters. The van der Waals surface area contributed by atoms with Crippen LogP contribution < -0.4 is 5.73 Å². The molecule has 4 nitrogen and oxygen atoms in total. The maximum absolute atomic E-state index is 12.3. The number of rotatable bonds is 7. The van der Waals surface area contributed by atoms with E-state index in [1.165, 1.54) is 4.31 Å². The van der Waals surface area contributed by atoms with Crippen molar-refractivity contribution in [3.05, 3.63) is 55.1 Å². The van der Waals surface area contributed by atoms with Gasteiger partial charge in [0.05, 0.1) is 4.90 Å². The van der Waals surface area contributed by atoms with Crippen LogP contribution in [0.4, 0.5) is 0 Å². The highest BCUT2D eigenvalue weighted by Gasteiger charge is 2.21. The number of benzene rings is 1. The van der Waals surface area contributed by atoms with Crippen LogP contribution in [-0.2, 0) is 16.6 Å². The summed E-state index contributed by atoms with van der Waals surface area (Å²) in [6, 6.07) is 6.56. The molecule has 0 bridgehead atoms. The first kappa shape index (κ1) is 14.6. The predicted molar refractivity (Wildman–Crippen MR) is 73.5 cm³/mol. The molecule has 0 heterocycles. The topological polar surface area (TPSA) is 63.4 Å². The summed E-state index contributed by atoms with van der Waals surface area (Å²) in [5.74, 6) is 0. The van der Waals surface area contributed by atoms with Gasteiger partial charge in [-0.15, -0.1) is 13.2 Å². The highest BCUT2D eigenvalue weighted by molar-refractivity contribution is 7.89. The van der Waals surface area contributed by atoms with Crippen LogP contribution in [0.2, 0.25) is 0 Å². The van der Waals surface area contributed by atoms with E-state index in [1.54, 1.807) is 36.4 Å². The minimum Gasteiger partial charge on any atom is -0.326 e. The smallest absolute Gasteiger partial charge is 0.243 e. The number of nitrogens with two attached hydrogens (primary N) is 1. The fourth-order valence-corrected chi connectivity index (χ4v) is 2.89. The maximum Gasteiger partial charge on any atom is 0.243 e. The molecule has 0 amide bonds. The van der Waals surface area contributed by atoms with Crippen molar-refractivity contribution in [2.75, 3.05) is 13.1 Å². The van der Waals surface area contributed by atoms with E-state index < -0.39 is 10.0 Å². The third-order valence-corrected chi connectivity index (χ3v) is 4.31. The summed E-state index contributed by atoms with van der Waals surface area (Å²) in [5.41, 5.74) is 6.37. The summed E-state index contributed by atoms with van der Waals surface area (Å²) >= 11 is 0. The minimum absolute atomic E-state index is 0.253. The lowest BCUT2D eigenvalue weighted by atomic mass is 10.2. The number of hydrogen-bond acceptors (Lipinski definition) is 3. The molecule has 18 heavy (non-hydrogen) atoms. The molecule has 1 aromatic carbocycles. The van der Waals surface area contributed by atoms with E-state index in [4.69, 9.17) is 5.73 Å². The van der Waals surface area contributed by atoms with Gasteiger partial charge in [-0.3, -0.25) is 0 Å². The molecule has 0 unspecified atom stereocenters. The Kier molecular flexibility index (Phi) is 5.27. The Hall–Kier alpha value is -1.43. The first-order chi connectivity index (χ1) is 8.56. The van der Waals surface area contributed by atoms with Gasteiger partial charge in [-0.25, -0.2) is 8.42 Å². The maximum atomic E-state index is 12.3. The van der Waals surface area contributed by atoms with Crippen LogP contribution in [0, 0.1) is 0 Å². The first-order valence-electron chi connectivity index (χ1n) is 5.57. The number of hydrogen-bond donors (Lipinski definition) is 1. The zero-order valence-electron chi connectivity index (χ0n) is 10.2. The van der Waals surface area contributed by atoms with Gasteiger partial charge in [0.2, 0.25) is 10.0 Å². The van der Waals surface area contributed by atoms with Gasteiger partial charge in [0.25, 0.3) is 0 Å². The Morgan fingerprint density at radius 1 is 1.11 bits per heavy atom. The average molecular weight is 266 g/mol. The van der Waals surface area contributed by atoms with Crippen LogP contribution in [-0.4, -0.2) is 25.8 Å². The first-order valence-corrected chi connectivity index (χ1v) is 7.01. The number of nitrogens with zero attached hydrogens (tertiary/aromatic N) is 1. The molecule has 0 saturated heterocycles. The molecular weight excluding hydrogens is 248 g/mol. The lowest BCUT2D eigenvalue weighted by Gasteiger charge is -2.19. The zero-order valence-corrected chi connectivity index (χ0v) is 11.1. The standard InChI is InChI=1S/C13H18N2O2S/c1-3-9-15(10-4-2)18(16,17)13-7-5-12(11-14)6-8-13/h3-8H,1-2,9-11,14H2. The molecule has 0 radical (unpaired) electrons. The van der Waals surface area contributed by atoms with Crippen molar-refractivity contribution in [2.45, 2.75) is 11.4 Å². The van der Waals surface area contributed by atoms with Crippen LogP contribution in [0.3, 0.4) is 0 Å². The van der Waals surface area contributed by atoms with Gasteiger partial charge in [0.1, 0.15) is 0 Å². The fourth-order valence-electron chi connectivity index (χ4n) is 1.51. The molecule has 1 rings (SSSR count). The Bertz CT molecular complexity index is 496. The molecule has 5 heteroatoms. The highest BCUT2D eigenvalue weighted by Crippen LogP contribution is 2.16. The van der Waals surface area contributed by atoms with Crippen LogP contribution in [0.15, 0.2) is 54.5 Å². The minimum atomic E-state index is -3.50. The quantitative estimate of drug-likeness (QED) is 0.761. The van der Waals surface area contributed by atoms with Crippen molar-refractivity contribution < 1.29 is 8.42 Å². The Morgan fingerprint density at radius 3 is 2.00 bits per heavy atom. The molecule has 0 fully saturated rings. The van der Waals surface area contributed by atoms with Gasteiger partial charge in [0, 0.05) is 19.6 Å². The van der Waals surface area contributed by atoms with Gasteiger partial charge in [-0.2, -0.15) is 4.31 Å². The molecule has 0 aliphatic heterocycles. The molecule has 0 aromatic heterocycles. The average Bonchev–Trinajstić information content (AvgIpc) is 2.38. The van der Waals surface area contributed by atoms with Gasteiger partial charge in [0.15, 0.2) is 0 Å². The second-order valence-corrected chi connectivity index (χ2v) is 5.69. The van der Waals surface area contributed by atoms with E-state index in [9.17, 15) is 8.42 Å². The van der Waals surface area contributed by atoms with E-state index >= 15 is 0 Å². The lowest BCUT2D eigenvalue weighted by molar-refractivity contribution is 0.474. The van der Waals surface area contributed by atoms with Crippen LogP contribution in [0.25, 0.3) is 0 Å². The monoisotopic (exact) mass is 266 g/mol. The molecule has 0 spiro atoms. The summed E-state index contributed by atoms with van der Waals surface area (Å²) in [4.78, 5) is 0.253. The fraction of sp³-hybridized carbons (Fsp3) is 0.231. The second-order valence-electron chi connectivity index (χ2n) is 3.75. The Morgan fingerprint density at radius 2 is 1.61 bits per heavy atom. The van der Waals surface area contributed by atoms with Crippen LogP contribution >= 0.6 is 0 Å². The number of sulfonamides is 1. The van der Waals surface area contributed by atoms with Crippen molar-refractivity contribution >= 4 is 10.0 Å². The van der Waals surface area contributed by atoms with Crippen molar-refractivity contribution in [2.24, 2.45) is 5.73 Å². The van der Waals surface area contributed by atoms with Crippen molar-refractivity contribution in [1.82, 2.24) is 4.31 Å². The predicted octanol–water partition coefficient (Wildman–Crippen LogP) is 1.51. The second kappa shape index (κ2) is 6.49. The Balaban J connectivity index is 3.08. The van der Waals surface area contributed by atoms with Gasteiger partial charge in [-0.1, -0.05) is 24.3 Å². The SMILES string of the molecule is C=CCN(CC=C)S(=O)(=O)c1ccc(CN)cc1. The molecular formula is C13H18N2O2S. The van der Waals surface area contributed by atoms with Gasteiger partial charge in [-0.05, 0) is 17.7 Å². The van der Waals surface area contributed by atoms with E-state index in [1.807, 2.05) is 0 Å². The van der Waals surface area contributed by atoms with E-state index in [0.29, 0.717) is 6.54 Å². The molecule has 1 aromatic rings. The van der Waals surface area contributed by atoms with E-state index in [-0.39, 0.29) is 18.0 Å². The van der Waals surface area contributed by atoms with Crippen molar-refractivity contribution in [1.29, 1.82) is 0 Å². The third-order valence-electron chi connectivity index (χ3n) is 2.46. The summed E-state index contributed by atoms with van der Waals surface area (Å²) in [6.07, 6.45) is 3.10. The summed E-state index contributed by atoms with van der Waals surface area (Å²) in [7, 11) is -3.50. The summed E-state index contributed by atoms with van der Waals surface area (Å²) < 4.78 is 25.9. The van der Waals surface area contributed by atoms with E-state index in [0.717, 1.165) is 5.56 Å². The van der Waals surface area contributed by atoms with E-state index in [2.05, 4.69) is 13.2 Å². The Labute approximate surface area is 108 Å². The molecule has 2 N–H and O–H groups in total. The zero-order chi connectivity index (χ0) is 13.6. The molecule has 0 aliphatic carbocycles. The molecule has 0 saturated carbocycles. The van der Waals surface area contributed by atoms with Crippen molar-refractivity contribution in [3.63, 3.8) is 0 Å². The molecule has 0 aliphatic rings. The summed E-state index contributed by atoms with van der Waals surface area (Å²) in [5, 5.41) is 0. The van der Waals surface area contributed by atoms with Crippen LogP contribution in [0.1, 0.15) is 5.56 Å². The van der Waals surface area contributed by atoms with Crippen LogP contribution in [0.5, 0.6) is 0 Å². The highest BCUT2D eigenvalue weighted by atomic mass is 32.2. The van der Waals surface area contributed by atoms with Gasteiger partial charge < -0.3 is 5.73 Å². The van der Waals surface area contributed by atoms with Crippen molar-refractivity contribution in [3.8, 4) is 0 Å². The normalized spacial score (nSPS) is 11.4. The summed E-state index contributed by atoms with van der Waals surface area (Å²) in [6.45, 7) is 8.03. The molecule has 98 valence electrons. The lowest BCUT2D eigenvalue weighted by Crippen LogP contribution is -2.31.